The summed E-state index contributed by atoms with van der Waals surface area (Å²) < 4.78 is 5.60. The Hall–Kier alpha value is -2.02. The number of hydrogen-bond acceptors (Lipinski definition) is 1. The average molecular weight is 252 g/mol. The van der Waals surface area contributed by atoms with E-state index in [2.05, 4.69) is 51.1 Å². The summed E-state index contributed by atoms with van der Waals surface area (Å²) in [4.78, 5) is 0. The Bertz CT molecular complexity index is 571. The van der Waals surface area contributed by atoms with Gasteiger partial charge in [-0.25, -0.2) is 0 Å². The number of benzene rings is 2. The van der Waals surface area contributed by atoms with Crippen molar-refractivity contribution in [3.05, 3.63) is 70.3 Å². The van der Waals surface area contributed by atoms with Gasteiger partial charge in [0.1, 0.15) is 5.76 Å². The fourth-order valence-corrected chi connectivity index (χ4v) is 2.50. The maximum absolute atomic E-state index is 5.60. The molecule has 98 valence electrons. The van der Waals surface area contributed by atoms with Crippen LogP contribution in [0, 0.1) is 20.8 Å². The van der Waals surface area contributed by atoms with Gasteiger partial charge in [-0.05, 0) is 43.5 Å². The van der Waals surface area contributed by atoms with Gasteiger partial charge in [-0.3, -0.25) is 0 Å². The van der Waals surface area contributed by atoms with Crippen LogP contribution in [-0.4, -0.2) is 7.11 Å². The van der Waals surface area contributed by atoms with Crippen LogP contribution >= 0.6 is 0 Å². The number of rotatable bonds is 3. The number of methoxy groups -OCH3 is 1. The van der Waals surface area contributed by atoms with E-state index in [0.717, 1.165) is 11.3 Å². The highest BCUT2D eigenvalue weighted by Gasteiger charge is 2.09. The molecule has 0 N–H and O–H groups in total. The molecular weight excluding hydrogens is 232 g/mol. The molecule has 1 nitrogen and oxygen atoms in total. The van der Waals surface area contributed by atoms with Crippen LogP contribution in [0.5, 0.6) is 0 Å². The summed E-state index contributed by atoms with van der Waals surface area (Å²) in [5.41, 5.74) is 6.13. The monoisotopic (exact) mass is 252 g/mol. The molecule has 0 atom stereocenters. The second-order valence-electron chi connectivity index (χ2n) is 4.90. The van der Waals surface area contributed by atoms with Crippen molar-refractivity contribution in [2.75, 3.05) is 7.11 Å². The van der Waals surface area contributed by atoms with Gasteiger partial charge in [0, 0.05) is 5.56 Å². The van der Waals surface area contributed by atoms with Crippen LogP contribution in [-0.2, 0) is 4.74 Å². The Morgan fingerprint density at radius 1 is 0.947 bits per heavy atom. The van der Waals surface area contributed by atoms with Gasteiger partial charge in [-0.1, -0.05) is 48.0 Å². The van der Waals surface area contributed by atoms with Gasteiger partial charge >= 0.3 is 0 Å². The lowest BCUT2D eigenvalue weighted by Gasteiger charge is -2.14. The minimum atomic E-state index is 0.918. The highest BCUT2D eigenvalue weighted by atomic mass is 16.5. The third-order valence-corrected chi connectivity index (χ3v) is 3.24. The number of aryl methyl sites for hydroxylation is 3. The first-order chi connectivity index (χ1) is 9.11. The predicted octanol–water partition coefficient (Wildman–Crippen LogP) is 4.76. The molecule has 0 amide bonds. The zero-order valence-electron chi connectivity index (χ0n) is 12.0. The third-order valence-electron chi connectivity index (χ3n) is 3.24. The topological polar surface area (TPSA) is 9.23 Å². The molecule has 1 heteroatoms. The normalized spacial score (nSPS) is 11.5. The van der Waals surface area contributed by atoms with Crippen molar-refractivity contribution in [2.24, 2.45) is 0 Å². The lowest BCUT2D eigenvalue weighted by Crippen LogP contribution is -1.96. The minimum absolute atomic E-state index is 0.918. The lowest BCUT2D eigenvalue weighted by molar-refractivity contribution is 0.372. The van der Waals surface area contributed by atoms with Crippen molar-refractivity contribution in [1.82, 2.24) is 0 Å². The molecule has 0 saturated heterocycles. The standard InChI is InChI=1S/C18H20O/c1-13-10-14(2)18(15(3)11-13)17(19-4)12-16-8-6-5-7-9-16/h5-12H,1-4H3/b17-12+. The van der Waals surface area contributed by atoms with Gasteiger partial charge in [0.05, 0.1) is 7.11 Å². The van der Waals surface area contributed by atoms with Gasteiger partial charge in [-0.15, -0.1) is 0 Å². The summed E-state index contributed by atoms with van der Waals surface area (Å²) in [6.45, 7) is 6.39. The van der Waals surface area contributed by atoms with E-state index in [-0.39, 0.29) is 0 Å². The molecule has 0 heterocycles. The Kier molecular flexibility index (Phi) is 4.06. The van der Waals surface area contributed by atoms with Crippen molar-refractivity contribution >= 4 is 11.8 Å². The molecule has 2 aromatic carbocycles. The first kappa shape index (κ1) is 13.4. The van der Waals surface area contributed by atoms with Gasteiger partial charge in [0.2, 0.25) is 0 Å². The molecule has 0 aliphatic rings. The third kappa shape index (κ3) is 3.05. The van der Waals surface area contributed by atoms with Gasteiger partial charge in [0.15, 0.2) is 0 Å². The van der Waals surface area contributed by atoms with E-state index in [0.29, 0.717) is 0 Å². The maximum atomic E-state index is 5.60. The fourth-order valence-electron chi connectivity index (χ4n) is 2.50. The van der Waals surface area contributed by atoms with Gasteiger partial charge in [-0.2, -0.15) is 0 Å². The molecule has 0 aliphatic heterocycles. The fraction of sp³-hybridized carbons (Fsp3) is 0.222. The quantitative estimate of drug-likeness (QED) is 0.565. The smallest absolute Gasteiger partial charge is 0.127 e. The summed E-state index contributed by atoms with van der Waals surface area (Å²) >= 11 is 0. The molecule has 19 heavy (non-hydrogen) atoms. The minimum Gasteiger partial charge on any atom is -0.496 e. The van der Waals surface area contributed by atoms with Crippen molar-refractivity contribution in [3.63, 3.8) is 0 Å². The largest absolute Gasteiger partial charge is 0.496 e. The number of hydrogen-bond donors (Lipinski definition) is 0. The zero-order valence-corrected chi connectivity index (χ0v) is 12.0. The van der Waals surface area contributed by atoms with Gasteiger partial charge < -0.3 is 4.74 Å². The van der Waals surface area contributed by atoms with Crippen LogP contribution < -0.4 is 0 Å². The highest BCUT2D eigenvalue weighted by molar-refractivity contribution is 5.80. The summed E-state index contributed by atoms with van der Waals surface area (Å²) in [7, 11) is 1.73. The molecule has 0 bridgehead atoms. The molecule has 0 aromatic heterocycles. The van der Waals surface area contributed by atoms with Crippen LogP contribution in [0.4, 0.5) is 0 Å². The van der Waals surface area contributed by atoms with Crippen LogP contribution in [0.3, 0.4) is 0 Å². The molecular formula is C18H20O. The van der Waals surface area contributed by atoms with Crippen LogP contribution in [0.2, 0.25) is 0 Å². The van der Waals surface area contributed by atoms with E-state index < -0.39 is 0 Å². The van der Waals surface area contributed by atoms with Crippen molar-refractivity contribution in [1.29, 1.82) is 0 Å². The van der Waals surface area contributed by atoms with Crippen LogP contribution in [0.15, 0.2) is 42.5 Å². The van der Waals surface area contributed by atoms with Crippen LogP contribution in [0.25, 0.3) is 11.8 Å². The molecule has 0 unspecified atom stereocenters. The first-order valence-electron chi connectivity index (χ1n) is 6.51. The van der Waals surface area contributed by atoms with E-state index in [4.69, 9.17) is 4.74 Å². The molecule has 2 aromatic rings. The second-order valence-corrected chi connectivity index (χ2v) is 4.90. The molecule has 2 rings (SSSR count). The van der Waals surface area contributed by atoms with Crippen LogP contribution in [0.1, 0.15) is 27.8 Å². The van der Waals surface area contributed by atoms with Crippen molar-refractivity contribution < 1.29 is 4.74 Å². The molecule has 0 radical (unpaired) electrons. The SMILES string of the molecule is CO/C(=C/c1ccccc1)c1c(C)cc(C)cc1C. The highest BCUT2D eigenvalue weighted by Crippen LogP contribution is 2.26. The Labute approximate surface area is 115 Å². The summed E-state index contributed by atoms with van der Waals surface area (Å²) in [6, 6.07) is 14.6. The van der Waals surface area contributed by atoms with Crippen molar-refractivity contribution in [3.8, 4) is 0 Å². The first-order valence-corrected chi connectivity index (χ1v) is 6.51. The van der Waals surface area contributed by atoms with Crippen molar-refractivity contribution in [2.45, 2.75) is 20.8 Å². The Morgan fingerprint density at radius 3 is 2.05 bits per heavy atom. The van der Waals surface area contributed by atoms with E-state index in [1.54, 1.807) is 7.11 Å². The lowest BCUT2D eigenvalue weighted by atomic mass is 9.97. The molecule has 0 saturated carbocycles. The Balaban J connectivity index is 2.52. The zero-order chi connectivity index (χ0) is 13.8. The molecule has 0 aliphatic carbocycles. The second kappa shape index (κ2) is 5.75. The average Bonchev–Trinajstić information content (AvgIpc) is 2.37. The number of ether oxygens (including phenoxy) is 1. The molecule has 0 spiro atoms. The maximum Gasteiger partial charge on any atom is 0.127 e. The predicted molar refractivity (Wildman–Crippen MR) is 82.0 cm³/mol. The van der Waals surface area contributed by atoms with E-state index in [9.17, 15) is 0 Å². The molecule has 0 fully saturated rings. The summed E-state index contributed by atoms with van der Waals surface area (Å²) in [5, 5.41) is 0. The van der Waals surface area contributed by atoms with E-state index in [1.807, 2.05) is 18.2 Å². The Morgan fingerprint density at radius 2 is 1.53 bits per heavy atom. The summed E-state index contributed by atoms with van der Waals surface area (Å²) in [6.07, 6.45) is 2.09. The van der Waals surface area contributed by atoms with Gasteiger partial charge in [0.25, 0.3) is 0 Å². The summed E-state index contributed by atoms with van der Waals surface area (Å²) in [5.74, 6) is 0.918. The van der Waals surface area contributed by atoms with E-state index in [1.165, 1.54) is 22.3 Å². The van der Waals surface area contributed by atoms with E-state index >= 15 is 0 Å².